The highest BCUT2D eigenvalue weighted by Gasteiger charge is 2.03. The molecule has 0 fully saturated rings. The van der Waals surface area contributed by atoms with E-state index in [-0.39, 0.29) is 0 Å². The predicted molar refractivity (Wildman–Crippen MR) is 75.8 cm³/mol. The van der Waals surface area contributed by atoms with Gasteiger partial charge in [0.25, 0.3) is 0 Å². The largest absolute Gasteiger partial charge is 0.360 e. The van der Waals surface area contributed by atoms with E-state index >= 15 is 0 Å². The number of hydrogen-bond donors (Lipinski definition) is 1. The molecule has 2 heterocycles. The average Bonchev–Trinajstić information content (AvgIpc) is 2.97. The molecule has 0 aliphatic carbocycles. The van der Waals surface area contributed by atoms with Gasteiger partial charge in [0.2, 0.25) is 0 Å². The Bertz CT molecular complexity index is 649. The van der Waals surface area contributed by atoms with Crippen molar-refractivity contribution in [1.29, 1.82) is 0 Å². The van der Waals surface area contributed by atoms with E-state index in [9.17, 15) is 0 Å². The van der Waals surface area contributed by atoms with Crippen LogP contribution >= 0.6 is 27.3 Å². The van der Waals surface area contributed by atoms with Crippen LogP contribution in [0.25, 0.3) is 10.2 Å². The molecule has 0 amide bonds. The van der Waals surface area contributed by atoms with Crippen LogP contribution in [0.1, 0.15) is 0 Å². The summed E-state index contributed by atoms with van der Waals surface area (Å²) >= 11 is 5.10. The van der Waals surface area contributed by atoms with E-state index in [1.807, 2.05) is 18.3 Å². The standard InChI is InChI=1S/C11H10BrN5S/c12-8-1-2-10-9(7-8)15-11(18-10)13-3-5-17-6-4-14-16-17/h1-2,4,6-7H,3,5H2,(H,13,15). The smallest absolute Gasteiger partial charge is 0.183 e. The topological polar surface area (TPSA) is 55.6 Å². The average molecular weight is 324 g/mol. The highest BCUT2D eigenvalue weighted by atomic mass is 79.9. The lowest BCUT2D eigenvalue weighted by Gasteiger charge is -2.01. The lowest BCUT2D eigenvalue weighted by atomic mass is 10.3. The monoisotopic (exact) mass is 323 g/mol. The molecule has 1 N–H and O–H groups in total. The van der Waals surface area contributed by atoms with Crippen LogP contribution in [0.5, 0.6) is 0 Å². The molecule has 18 heavy (non-hydrogen) atoms. The third kappa shape index (κ3) is 2.51. The van der Waals surface area contributed by atoms with Crippen molar-refractivity contribution in [3.8, 4) is 0 Å². The Morgan fingerprint density at radius 1 is 1.39 bits per heavy atom. The Balaban J connectivity index is 1.67. The molecule has 0 aliphatic heterocycles. The van der Waals surface area contributed by atoms with E-state index < -0.39 is 0 Å². The van der Waals surface area contributed by atoms with Crippen LogP contribution in [-0.2, 0) is 6.54 Å². The summed E-state index contributed by atoms with van der Waals surface area (Å²) in [6.45, 7) is 1.56. The van der Waals surface area contributed by atoms with Gasteiger partial charge in [-0.3, -0.25) is 4.68 Å². The van der Waals surface area contributed by atoms with Crippen molar-refractivity contribution in [2.45, 2.75) is 6.54 Å². The zero-order chi connectivity index (χ0) is 12.4. The van der Waals surface area contributed by atoms with Gasteiger partial charge in [-0.05, 0) is 18.2 Å². The first-order valence-corrected chi connectivity index (χ1v) is 7.06. The Hall–Kier alpha value is -1.47. The first-order chi connectivity index (χ1) is 8.81. The summed E-state index contributed by atoms with van der Waals surface area (Å²) in [4.78, 5) is 4.52. The molecule has 0 saturated heterocycles. The minimum absolute atomic E-state index is 0.777. The number of hydrogen-bond acceptors (Lipinski definition) is 5. The molecule has 2 aromatic heterocycles. The first kappa shape index (κ1) is 11.6. The molecule has 0 atom stereocenters. The molecular formula is C11H10BrN5S. The highest BCUT2D eigenvalue weighted by Crippen LogP contribution is 2.27. The van der Waals surface area contributed by atoms with Gasteiger partial charge < -0.3 is 5.32 Å². The summed E-state index contributed by atoms with van der Waals surface area (Å²) in [6, 6.07) is 6.12. The van der Waals surface area contributed by atoms with Crippen LogP contribution in [0, 0.1) is 0 Å². The zero-order valence-corrected chi connectivity index (χ0v) is 11.8. The van der Waals surface area contributed by atoms with Gasteiger partial charge in [-0.15, -0.1) is 5.10 Å². The summed E-state index contributed by atoms with van der Waals surface area (Å²) in [5.74, 6) is 0. The quantitative estimate of drug-likeness (QED) is 0.802. The van der Waals surface area contributed by atoms with Crippen molar-refractivity contribution in [3.63, 3.8) is 0 Å². The number of fused-ring (bicyclic) bond motifs is 1. The molecule has 0 bridgehead atoms. The second kappa shape index (κ2) is 5.03. The Morgan fingerprint density at radius 2 is 2.33 bits per heavy atom. The Kier molecular flexibility index (Phi) is 3.24. The summed E-state index contributed by atoms with van der Waals surface area (Å²) in [5, 5.41) is 11.9. The van der Waals surface area contributed by atoms with E-state index in [0.29, 0.717) is 0 Å². The van der Waals surface area contributed by atoms with E-state index in [4.69, 9.17) is 0 Å². The van der Waals surface area contributed by atoms with Crippen molar-refractivity contribution in [2.75, 3.05) is 11.9 Å². The summed E-state index contributed by atoms with van der Waals surface area (Å²) in [7, 11) is 0. The number of benzene rings is 1. The second-order valence-corrected chi connectivity index (χ2v) is 5.67. The fraction of sp³-hybridized carbons (Fsp3) is 0.182. The van der Waals surface area contributed by atoms with Crippen LogP contribution < -0.4 is 5.32 Å². The van der Waals surface area contributed by atoms with Crippen molar-refractivity contribution >= 4 is 42.6 Å². The summed E-state index contributed by atoms with van der Waals surface area (Å²) in [6.07, 6.45) is 3.52. The number of nitrogens with zero attached hydrogens (tertiary/aromatic N) is 4. The van der Waals surface area contributed by atoms with Gasteiger partial charge in [0.1, 0.15) is 0 Å². The number of rotatable bonds is 4. The van der Waals surface area contributed by atoms with Crippen molar-refractivity contribution in [2.24, 2.45) is 0 Å². The van der Waals surface area contributed by atoms with Crippen molar-refractivity contribution in [1.82, 2.24) is 20.0 Å². The second-order valence-electron chi connectivity index (χ2n) is 3.72. The molecule has 3 rings (SSSR count). The number of aromatic nitrogens is 4. The molecule has 0 unspecified atom stereocenters. The number of anilines is 1. The molecule has 1 aromatic carbocycles. The van der Waals surface area contributed by atoms with Gasteiger partial charge in [0.05, 0.1) is 23.0 Å². The van der Waals surface area contributed by atoms with Crippen LogP contribution in [0.15, 0.2) is 35.1 Å². The number of halogens is 1. The maximum Gasteiger partial charge on any atom is 0.183 e. The maximum atomic E-state index is 4.52. The van der Waals surface area contributed by atoms with E-state index in [2.05, 4.69) is 42.6 Å². The molecule has 0 radical (unpaired) electrons. The Morgan fingerprint density at radius 3 is 3.17 bits per heavy atom. The van der Waals surface area contributed by atoms with Crippen LogP contribution in [0.2, 0.25) is 0 Å². The van der Waals surface area contributed by atoms with Gasteiger partial charge >= 0.3 is 0 Å². The van der Waals surface area contributed by atoms with Gasteiger partial charge in [0.15, 0.2) is 5.13 Å². The van der Waals surface area contributed by atoms with E-state index in [1.165, 1.54) is 4.70 Å². The lowest BCUT2D eigenvalue weighted by Crippen LogP contribution is -2.10. The molecule has 0 saturated carbocycles. The van der Waals surface area contributed by atoms with Crippen LogP contribution in [0.3, 0.4) is 0 Å². The van der Waals surface area contributed by atoms with Gasteiger partial charge in [-0.25, -0.2) is 4.98 Å². The third-order valence-electron chi connectivity index (χ3n) is 2.44. The Labute approximate surface area is 116 Å². The van der Waals surface area contributed by atoms with E-state index in [1.54, 1.807) is 22.2 Å². The van der Waals surface area contributed by atoms with Crippen molar-refractivity contribution < 1.29 is 0 Å². The molecule has 5 nitrogen and oxygen atoms in total. The van der Waals surface area contributed by atoms with Gasteiger partial charge in [-0.2, -0.15) is 0 Å². The molecule has 0 aliphatic rings. The number of thiazole rings is 1. The molecule has 0 spiro atoms. The fourth-order valence-electron chi connectivity index (χ4n) is 1.61. The van der Waals surface area contributed by atoms with Crippen molar-refractivity contribution in [3.05, 3.63) is 35.1 Å². The van der Waals surface area contributed by atoms with Gasteiger partial charge in [-0.1, -0.05) is 32.5 Å². The normalized spacial score (nSPS) is 10.9. The SMILES string of the molecule is Brc1ccc2sc(NCCn3ccnn3)nc2c1. The van der Waals surface area contributed by atoms with Crippen LogP contribution in [0.4, 0.5) is 5.13 Å². The van der Waals surface area contributed by atoms with Gasteiger partial charge in [0, 0.05) is 17.2 Å². The zero-order valence-electron chi connectivity index (χ0n) is 9.38. The molecular weight excluding hydrogens is 314 g/mol. The third-order valence-corrected chi connectivity index (χ3v) is 3.93. The summed E-state index contributed by atoms with van der Waals surface area (Å²) < 4.78 is 4.02. The maximum absolute atomic E-state index is 4.52. The fourth-order valence-corrected chi connectivity index (χ4v) is 2.83. The molecule has 7 heteroatoms. The first-order valence-electron chi connectivity index (χ1n) is 5.45. The van der Waals surface area contributed by atoms with Crippen LogP contribution in [-0.4, -0.2) is 26.5 Å². The lowest BCUT2D eigenvalue weighted by molar-refractivity contribution is 0.609. The van der Waals surface area contributed by atoms with E-state index in [0.717, 1.165) is 28.2 Å². The molecule has 92 valence electrons. The predicted octanol–water partition coefficient (Wildman–Crippen LogP) is 2.76. The molecule has 3 aromatic rings. The highest BCUT2D eigenvalue weighted by molar-refractivity contribution is 9.10. The summed E-state index contributed by atoms with van der Waals surface area (Å²) in [5.41, 5.74) is 1.01. The number of nitrogens with one attached hydrogen (secondary N) is 1. The minimum Gasteiger partial charge on any atom is -0.360 e. The minimum atomic E-state index is 0.777.